The van der Waals surface area contributed by atoms with Crippen LogP contribution in [-0.2, 0) is 28.7 Å². The van der Waals surface area contributed by atoms with Crippen molar-refractivity contribution in [2.24, 2.45) is 4.99 Å². The van der Waals surface area contributed by atoms with E-state index >= 15 is 0 Å². The molecule has 0 saturated heterocycles. The molecule has 2 aromatic rings. The van der Waals surface area contributed by atoms with E-state index in [1.54, 1.807) is 18.8 Å². The Morgan fingerprint density at radius 3 is 2.33 bits per heavy atom. The second-order valence-corrected chi connectivity index (χ2v) is 9.13. The molecule has 0 atom stereocenters. The maximum absolute atomic E-state index is 13.6. The first-order chi connectivity index (χ1) is 12.8. The highest BCUT2D eigenvalue weighted by molar-refractivity contribution is 7.98. The number of nitrogens with zero attached hydrogens (tertiary/aromatic N) is 1. The minimum Gasteiger partial charge on any atom is -0.352 e. The van der Waals surface area contributed by atoms with E-state index in [-0.39, 0.29) is 12.3 Å². The van der Waals surface area contributed by atoms with Crippen molar-refractivity contribution in [2.75, 3.05) is 19.6 Å². The van der Waals surface area contributed by atoms with Crippen molar-refractivity contribution in [2.45, 2.75) is 23.7 Å². The lowest BCUT2D eigenvalue weighted by atomic mass is 10.1. The first kappa shape index (κ1) is 21.2. The number of nitrogens with one attached hydrogen (secondary N) is 2. The normalized spacial score (nSPS) is 12.1. The van der Waals surface area contributed by atoms with Crippen LogP contribution in [0.25, 0.3) is 0 Å². The third-order valence-electron chi connectivity index (χ3n) is 3.87. The van der Waals surface area contributed by atoms with Gasteiger partial charge in [0.05, 0.1) is 5.75 Å². The van der Waals surface area contributed by atoms with Crippen LogP contribution in [0.4, 0.5) is 4.39 Å². The Bertz CT molecular complexity index is 898. The van der Waals surface area contributed by atoms with Gasteiger partial charge in [-0.15, -0.1) is 11.8 Å². The second kappa shape index (κ2) is 9.75. The molecule has 2 N–H and O–H groups in total. The van der Waals surface area contributed by atoms with Crippen LogP contribution in [0.15, 0.2) is 52.4 Å². The van der Waals surface area contributed by atoms with Crippen LogP contribution in [0.1, 0.15) is 16.7 Å². The predicted octanol–water partition coefficient (Wildman–Crippen LogP) is 2.96. The molecule has 0 fully saturated rings. The van der Waals surface area contributed by atoms with Crippen molar-refractivity contribution in [3.05, 3.63) is 65.0 Å². The average Bonchev–Trinajstić information content (AvgIpc) is 2.63. The fourth-order valence-corrected chi connectivity index (χ4v) is 3.77. The van der Waals surface area contributed by atoms with Crippen molar-refractivity contribution >= 4 is 27.6 Å². The number of hydrogen-bond donors (Lipinski definition) is 2. The van der Waals surface area contributed by atoms with E-state index in [1.807, 2.05) is 18.4 Å². The molecule has 0 saturated carbocycles. The highest BCUT2D eigenvalue weighted by Gasteiger charge is 2.11. The van der Waals surface area contributed by atoms with Crippen LogP contribution in [-0.4, -0.2) is 33.9 Å². The number of halogens is 1. The Balaban J connectivity index is 2.00. The van der Waals surface area contributed by atoms with Gasteiger partial charge in [0.25, 0.3) is 0 Å². The largest absolute Gasteiger partial charge is 0.352 e. The maximum atomic E-state index is 13.6. The van der Waals surface area contributed by atoms with Gasteiger partial charge in [0.15, 0.2) is 15.8 Å². The molecule has 0 amide bonds. The molecule has 0 heterocycles. The number of rotatable bonds is 7. The van der Waals surface area contributed by atoms with Crippen molar-refractivity contribution < 1.29 is 12.8 Å². The monoisotopic (exact) mass is 409 g/mol. The van der Waals surface area contributed by atoms with E-state index in [4.69, 9.17) is 0 Å². The summed E-state index contributed by atoms with van der Waals surface area (Å²) in [6.07, 6.45) is 3.19. The Morgan fingerprint density at radius 2 is 1.74 bits per heavy atom. The highest BCUT2D eigenvalue weighted by atomic mass is 32.2. The minimum atomic E-state index is -3.21. The van der Waals surface area contributed by atoms with Gasteiger partial charge >= 0.3 is 0 Å². The van der Waals surface area contributed by atoms with E-state index in [0.29, 0.717) is 23.6 Å². The summed E-state index contributed by atoms with van der Waals surface area (Å²) >= 11 is 1.69. The van der Waals surface area contributed by atoms with E-state index in [1.165, 1.54) is 23.1 Å². The highest BCUT2D eigenvalue weighted by Crippen LogP contribution is 2.15. The van der Waals surface area contributed by atoms with E-state index < -0.39 is 15.7 Å². The zero-order valence-corrected chi connectivity index (χ0v) is 17.3. The average molecular weight is 410 g/mol. The summed E-state index contributed by atoms with van der Waals surface area (Å²) in [6, 6.07) is 12.3. The summed E-state index contributed by atoms with van der Waals surface area (Å²) in [6.45, 7) is 0.862. The quantitative estimate of drug-likeness (QED) is 0.418. The van der Waals surface area contributed by atoms with Crippen molar-refractivity contribution in [3.8, 4) is 0 Å². The van der Waals surface area contributed by atoms with Gasteiger partial charge < -0.3 is 10.6 Å². The summed E-state index contributed by atoms with van der Waals surface area (Å²) in [5.41, 5.74) is 2.28. The molecule has 146 valence electrons. The van der Waals surface area contributed by atoms with Gasteiger partial charge in [-0.1, -0.05) is 18.2 Å². The SMILES string of the molecule is CN=C(NCc1ccc(SC)cc1)NCc1cc(F)ccc1CS(C)(=O)=O. The molecule has 8 heteroatoms. The Hall–Kier alpha value is -2.06. The lowest BCUT2D eigenvalue weighted by Gasteiger charge is -2.14. The fourth-order valence-electron chi connectivity index (χ4n) is 2.51. The van der Waals surface area contributed by atoms with Crippen molar-refractivity contribution in [1.82, 2.24) is 10.6 Å². The number of guanidine groups is 1. The summed E-state index contributed by atoms with van der Waals surface area (Å²) in [5.74, 6) is 0.0253. The molecule has 2 rings (SSSR count). The summed E-state index contributed by atoms with van der Waals surface area (Å²) in [4.78, 5) is 5.36. The topological polar surface area (TPSA) is 70.6 Å². The van der Waals surface area contributed by atoms with Crippen LogP contribution in [0.3, 0.4) is 0 Å². The summed E-state index contributed by atoms with van der Waals surface area (Å²) in [5, 5.41) is 6.30. The fraction of sp³-hybridized carbons (Fsp3) is 0.316. The lowest BCUT2D eigenvalue weighted by molar-refractivity contribution is 0.599. The molecule has 0 aliphatic carbocycles. The van der Waals surface area contributed by atoms with Crippen molar-refractivity contribution in [1.29, 1.82) is 0 Å². The maximum Gasteiger partial charge on any atom is 0.191 e. The molecule has 27 heavy (non-hydrogen) atoms. The molecule has 0 spiro atoms. The number of thioether (sulfide) groups is 1. The number of benzene rings is 2. The van der Waals surface area contributed by atoms with Crippen LogP contribution in [0.2, 0.25) is 0 Å². The molecule has 0 radical (unpaired) electrons. The van der Waals surface area contributed by atoms with Gasteiger partial charge in [-0.3, -0.25) is 4.99 Å². The molecule has 5 nitrogen and oxygen atoms in total. The van der Waals surface area contributed by atoms with Crippen molar-refractivity contribution in [3.63, 3.8) is 0 Å². The molecule has 0 aliphatic heterocycles. The first-order valence-electron chi connectivity index (χ1n) is 8.33. The molecule has 0 bridgehead atoms. The van der Waals surface area contributed by atoms with Gasteiger partial charge in [-0.05, 0) is 47.2 Å². The Morgan fingerprint density at radius 1 is 1.07 bits per heavy atom. The molecular weight excluding hydrogens is 385 g/mol. The third kappa shape index (κ3) is 7.22. The smallest absolute Gasteiger partial charge is 0.191 e. The molecular formula is C19H24FN3O2S2. The van der Waals surface area contributed by atoms with Gasteiger partial charge in [0.2, 0.25) is 0 Å². The Labute approximate surface area is 164 Å². The zero-order chi connectivity index (χ0) is 19.9. The van der Waals surface area contributed by atoms with Crippen LogP contribution in [0.5, 0.6) is 0 Å². The zero-order valence-electron chi connectivity index (χ0n) is 15.6. The van der Waals surface area contributed by atoms with E-state index in [9.17, 15) is 12.8 Å². The molecule has 2 aromatic carbocycles. The van der Waals surface area contributed by atoms with Gasteiger partial charge in [-0.2, -0.15) is 0 Å². The second-order valence-electron chi connectivity index (χ2n) is 6.11. The van der Waals surface area contributed by atoms with E-state index in [2.05, 4.69) is 27.8 Å². The predicted molar refractivity (Wildman–Crippen MR) is 110 cm³/mol. The summed E-state index contributed by atoms with van der Waals surface area (Å²) < 4.78 is 36.8. The number of aliphatic imine (C=N–C) groups is 1. The van der Waals surface area contributed by atoms with Crippen LogP contribution >= 0.6 is 11.8 Å². The molecule has 0 unspecified atom stereocenters. The lowest BCUT2D eigenvalue weighted by Crippen LogP contribution is -2.36. The first-order valence-corrected chi connectivity index (χ1v) is 11.6. The van der Waals surface area contributed by atoms with Gasteiger partial charge in [-0.25, -0.2) is 12.8 Å². The number of sulfone groups is 1. The van der Waals surface area contributed by atoms with Gasteiger partial charge in [0.1, 0.15) is 5.82 Å². The van der Waals surface area contributed by atoms with Gasteiger partial charge in [0, 0.05) is 31.3 Å². The van der Waals surface area contributed by atoms with E-state index in [0.717, 1.165) is 11.8 Å². The standard InChI is InChI=1S/C19H24FN3O2S2/c1-21-19(22-11-14-4-8-18(26-2)9-5-14)23-12-16-10-17(20)7-6-15(16)13-27(3,24)25/h4-10H,11-13H2,1-3H3,(H2,21,22,23). The minimum absolute atomic E-state index is 0.127. The number of hydrogen-bond acceptors (Lipinski definition) is 4. The molecule has 0 aromatic heterocycles. The Kier molecular flexibility index (Phi) is 7.67. The summed E-state index contributed by atoms with van der Waals surface area (Å²) in [7, 11) is -1.56. The van der Waals surface area contributed by atoms with Crippen LogP contribution in [0, 0.1) is 5.82 Å². The van der Waals surface area contributed by atoms with Crippen LogP contribution < -0.4 is 10.6 Å². The molecule has 0 aliphatic rings. The third-order valence-corrected chi connectivity index (χ3v) is 5.45.